The Morgan fingerprint density at radius 3 is 2.52 bits per heavy atom. The molecule has 7 nitrogen and oxygen atoms in total. The van der Waals surface area contributed by atoms with Gasteiger partial charge in [0.2, 0.25) is 5.91 Å². The number of amides is 2. The standard InChI is InChI=1S/C22H35N5O2/c1-5-26(6-2)15-8-7-13-23-19(28)12-9-14-24-22(29)20-18(4)25-21-17(3)11-10-16-27(20)21/h10-11,16H,5-9,12-15H2,1-4H3,(H,23,28)(H,24,29). The third kappa shape index (κ3) is 6.56. The molecule has 0 atom stereocenters. The number of fused-ring (bicyclic) bond motifs is 1. The topological polar surface area (TPSA) is 78.7 Å². The number of hydrogen-bond donors (Lipinski definition) is 2. The zero-order chi connectivity index (χ0) is 21.2. The fourth-order valence-electron chi connectivity index (χ4n) is 3.44. The summed E-state index contributed by atoms with van der Waals surface area (Å²) in [7, 11) is 0. The molecule has 0 saturated heterocycles. The molecule has 0 aliphatic carbocycles. The Morgan fingerprint density at radius 2 is 1.79 bits per heavy atom. The van der Waals surface area contributed by atoms with Crippen LogP contribution in [0.25, 0.3) is 5.65 Å². The number of nitrogens with zero attached hydrogens (tertiary/aromatic N) is 3. The lowest BCUT2D eigenvalue weighted by molar-refractivity contribution is -0.121. The van der Waals surface area contributed by atoms with E-state index in [0.717, 1.165) is 43.7 Å². The monoisotopic (exact) mass is 401 g/mol. The number of rotatable bonds is 12. The molecule has 2 amide bonds. The van der Waals surface area contributed by atoms with Gasteiger partial charge in [0.25, 0.3) is 5.91 Å². The van der Waals surface area contributed by atoms with Gasteiger partial charge in [0.15, 0.2) is 0 Å². The average Bonchev–Trinajstić information content (AvgIpc) is 3.05. The number of nitrogens with one attached hydrogen (secondary N) is 2. The molecule has 2 heterocycles. The Balaban J connectivity index is 1.66. The Kier molecular flexibility index (Phi) is 9.12. The van der Waals surface area contributed by atoms with Crippen LogP contribution in [-0.4, -0.2) is 58.8 Å². The molecule has 0 bridgehead atoms. The Bertz CT molecular complexity index is 811. The SMILES string of the molecule is CCN(CC)CCCCNC(=O)CCCNC(=O)c1c(C)nc2c(C)cccn12. The summed E-state index contributed by atoms with van der Waals surface area (Å²) in [5.41, 5.74) is 3.10. The molecule has 0 unspecified atom stereocenters. The smallest absolute Gasteiger partial charge is 0.270 e. The van der Waals surface area contributed by atoms with Crippen LogP contribution in [0.4, 0.5) is 0 Å². The van der Waals surface area contributed by atoms with Crippen LogP contribution in [0.1, 0.15) is 61.3 Å². The van der Waals surface area contributed by atoms with Crippen molar-refractivity contribution in [2.45, 2.75) is 53.4 Å². The van der Waals surface area contributed by atoms with Crippen LogP contribution < -0.4 is 10.6 Å². The van der Waals surface area contributed by atoms with E-state index in [0.29, 0.717) is 37.3 Å². The first kappa shape index (κ1) is 22.9. The van der Waals surface area contributed by atoms with Crippen LogP contribution in [-0.2, 0) is 4.79 Å². The highest BCUT2D eigenvalue weighted by Crippen LogP contribution is 2.15. The van der Waals surface area contributed by atoms with E-state index in [-0.39, 0.29) is 11.8 Å². The van der Waals surface area contributed by atoms with Crippen LogP contribution >= 0.6 is 0 Å². The van der Waals surface area contributed by atoms with Crippen molar-refractivity contribution in [3.63, 3.8) is 0 Å². The highest BCUT2D eigenvalue weighted by molar-refractivity contribution is 5.94. The molecule has 0 aliphatic heterocycles. The van der Waals surface area contributed by atoms with Gasteiger partial charge in [-0.25, -0.2) is 4.98 Å². The van der Waals surface area contributed by atoms with Gasteiger partial charge < -0.3 is 15.5 Å². The molecule has 29 heavy (non-hydrogen) atoms. The molecular formula is C22H35N5O2. The van der Waals surface area contributed by atoms with Crippen molar-refractivity contribution in [3.8, 4) is 0 Å². The molecule has 0 aromatic carbocycles. The van der Waals surface area contributed by atoms with Gasteiger partial charge >= 0.3 is 0 Å². The van der Waals surface area contributed by atoms with Gasteiger partial charge in [0.1, 0.15) is 11.3 Å². The summed E-state index contributed by atoms with van der Waals surface area (Å²) in [6.45, 7) is 12.6. The molecular weight excluding hydrogens is 366 g/mol. The number of carbonyl (C=O) groups excluding carboxylic acids is 2. The minimum absolute atomic E-state index is 0.0451. The first-order chi connectivity index (χ1) is 14.0. The second kappa shape index (κ2) is 11.6. The highest BCUT2D eigenvalue weighted by Gasteiger charge is 2.16. The predicted molar refractivity (Wildman–Crippen MR) is 116 cm³/mol. The van der Waals surface area contributed by atoms with E-state index < -0.39 is 0 Å². The van der Waals surface area contributed by atoms with E-state index in [2.05, 4.69) is 34.4 Å². The van der Waals surface area contributed by atoms with Crippen molar-refractivity contribution < 1.29 is 9.59 Å². The second-order valence-corrected chi connectivity index (χ2v) is 7.37. The van der Waals surface area contributed by atoms with Crippen LogP contribution in [0.15, 0.2) is 18.3 Å². The van der Waals surface area contributed by atoms with Crippen molar-refractivity contribution >= 4 is 17.5 Å². The lowest BCUT2D eigenvalue weighted by Gasteiger charge is -2.17. The van der Waals surface area contributed by atoms with Crippen molar-refractivity contribution in [1.82, 2.24) is 24.9 Å². The van der Waals surface area contributed by atoms with Crippen molar-refractivity contribution in [2.24, 2.45) is 0 Å². The van der Waals surface area contributed by atoms with Gasteiger partial charge in [-0.05, 0) is 64.4 Å². The van der Waals surface area contributed by atoms with Gasteiger partial charge in [-0.1, -0.05) is 19.9 Å². The lowest BCUT2D eigenvalue weighted by atomic mass is 10.2. The minimum atomic E-state index is -0.155. The van der Waals surface area contributed by atoms with Crippen LogP contribution in [0.2, 0.25) is 0 Å². The van der Waals surface area contributed by atoms with E-state index in [9.17, 15) is 9.59 Å². The first-order valence-electron chi connectivity index (χ1n) is 10.7. The van der Waals surface area contributed by atoms with Crippen molar-refractivity contribution in [1.29, 1.82) is 0 Å². The summed E-state index contributed by atoms with van der Waals surface area (Å²) in [5, 5.41) is 5.87. The maximum Gasteiger partial charge on any atom is 0.270 e. The maximum absolute atomic E-state index is 12.6. The van der Waals surface area contributed by atoms with Crippen LogP contribution in [0.5, 0.6) is 0 Å². The molecule has 160 valence electrons. The van der Waals surface area contributed by atoms with E-state index in [1.165, 1.54) is 0 Å². The summed E-state index contributed by atoms with van der Waals surface area (Å²) in [6, 6.07) is 3.89. The summed E-state index contributed by atoms with van der Waals surface area (Å²) in [4.78, 5) is 31.4. The van der Waals surface area contributed by atoms with Gasteiger partial charge in [-0.3, -0.25) is 14.0 Å². The third-order valence-corrected chi connectivity index (χ3v) is 5.22. The van der Waals surface area contributed by atoms with Crippen molar-refractivity contribution in [3.05, 3.63) is 35.3 Å². The quantitative estimate of drug-likeness (QED) is 0.536. The summed E-state index contributed by atoms with van der Waals surface area (Å²) in [5.74, 6) is -0.110. The maximum atomic E-state index is 12.6. The van der Waals surface area contributed by atoms with E-state index >= 15 is 0 Å². The van der Waals surface area contributed by atoms with E-state index in [1.54, 1.807) is 0 Å². The molecule has 2 aromatic heterocycles. The lowest BCUT2D eigenvalue weighted by Crippen LogP contribution is -2.29. The Morgan fingerprint density at radius 1 is 1.07 bits per heavy atom. The molecule has 2 N–H and O–H groups in total. The molecule has 0 spiro atoms. The van der Waals surface area contributed by atoms with Crippen LogP contribution in [0, 0.1) is 13.8 Å². The number of unbranched alkanes of at least 4 members (excludes halogenated alkanes) is 1. The Labute approximate surface area is 173 Å². The number of carbonyl (C=O) groups is 2. The third-order valence-electron chi connectivity index (χ3n) is 5.22. The van der Waals surface area contributed by atoms with Crippen molar-refractivity contribution in [2.75, 3.05) is 32.7 Å². The first-order valence-corrected chi connectivity index (χ1v) is 10.7. The normalized spacial score (nSPS) is 11.2. The summed E-state index contributed by atoms with van der Waals surface area (Å²) in [6.07, 6.45) is 4.97. The molecule has 7 heteroatoms. The van der Waals surface area contributed by atoms with Crippen LogP contribution in [0.3, 0.4) is 0 Å². The molecule has 0 radical (unpaired) electrons. The summed E-state index contributed by atoms with van der Waals surface area (Å²) < 4.78 is 1.82. The van der Waals surface area contributed by atoms with Gasteiger partial charge in [-0.2, -0.15) is 0 Å². The van der Waals surface area contributed by atoms with E-state index in [1.807, 2.05) is 36.6 Å². The van der Waals surface area contributed by atoms with Gasteiger partial charge in [0, 0.05) is 25.7 Å². The molecule has 0 fully saturated rings. The second-order valence-electron chi connectivity index (χ2n) is 7.37. The van der Waals surface area contributed by atoms with Gasteiger partial charge in [-0.15, -0.1) is 0 Å². The number of pyridine rings is 1. The molecule has 2 rings (SSSR count). The predicted octanol–water partition coefficient (Wildman–Crippen LogP) is 2.70. The fourth-order valence-corrected chi connectivity index (χ4v) is 3.44. The number of aromatic nitrogens is 2. The molecule has 0 aliphatic rings. The highest BCUT2D eigenvalue weighted by atomic mass is 16.2. The number of hydrogen-bond acceptors (Lipinski definition) is 4. The largest absolute Gasteiger partial charge is 0.356 e. The minimum Gasteiger partial charge on any atom is -0.356 e. The molecule has 0 saturated carbocycles. The average molecular weight is 402 g/mol. The fraction of sp³-hybridized carbons (Fsp3) is 0.591. The molecule has 2 aromatic rings. The number of imidazole rings is 1. The van der Waals surface area contributed by atoms with Gasteiger partial charge in [0.05, 0.1) is 5.69 Å². The summed E-state index contributed by atoms with van der Waals surface area (Å²) >= 11 is 0. The zero-order valence-corrected chi connectivity index (χ0v) is 18.3. The van der Waals surface area contributed by atoms with E-state index in [4.69, 9.17) is 0 Å². The number of aryl methyl sites for hydroxylation is 2. The zero-order valence-electron chi connectivity index (χ0n) is 18.3. The Hall–Kier alpha value is -2.41.